The fourth-order valence-electron chi connectivity index (χ4n) is 1.58. The molecule has 2 rings (SSSR count). The maximum absolute atomic E-state index is 13.4. The number of nitrogens with one attached hydrogen (secondary N) is 1. The van der Waals surface area contributed by atoms with Crippen LogP contribution >= 0.6 is 15.9 Å². The Morgan fingerprint density at radius 3 is 2.90 bits per heavy atom. The van der Waals surface area contributed by atoms with Gasteiger partial charge in [-0.25, -0.2) is 4.39 Å². The lowest BCUT2D eigenvalue weighted by Crippen LogP contribution is -2.08. The van der Waals surface area contributed by atoms with Crippen LogP contribution in [0.3, 0.4) is 0 Å². The van der Waals surface area contributed by atoms with Crippen LogP contribution in [-0.4, -0.2) is 21.6 Å². The molecule has 0 atom stereocenters. The van der Waals surface area contributed by atoms with Gasteiger partial charge in [0, 0.05) is 32.0 Å². The van der Waals surface area contributed by atoms with E-state index in [2.05, 4.69) is 31.4 Å². The minimum atomic E-state index is -0.578. The minimum absolute atomic E-state index is 0.0449. The van der Waals surface area contributed by atoms with Gasteiger partial charge in [0.1, 0.15) is 11.5 Å². The molecule has 0 saturated carbocycles. The molecule has 20 heavy (non-hydrogen) atoms. The van der Waals surface area contributed by atoms with Gasteiger partial charge < -0.3 is 9.84 Å². The van der Waals surface area contributed by atoms with Gasteiger partial charge in [0.05, 0.1) is 9.40 Å². The van der Waals surface area contributed by atoms with Crippen LogP contribution in [0.15, 0.2) is 21.1 Å². The van der Waals surface area contributed by atoms with Crippen molar-refractivity contribution in [2.45, 2.75) is 13.3 Å². The Labute approximate surface area is 121 Å². The van der Waals surface area contributed by atoms with Crippen LogP contribution in [0.4, 0.5) is 15.8 Å². The lowest BCUT2D eigenvalue weighted by molar-refractivity contribution is -0.384. The topological polar surface area (TPSA) is 94.1 Å². The van der Waals surface area contributed by atoms with Crippen molar-refractivity contribution in [2.24, 2.45) is 0 Å². The van der Waals surface area contributed by atoms with E-state index in [1.807, 2.05) is 0 Å². The predicted octanol–water partition coefficient (Wildman–Crippen LogP) is 2.84. The Morgan fingerprint density at radius 2 is 2.30 bits per heavy atom. The van der Waals surface area contributed by atoms with Gasteiger partial charge in [-0.2, -0.15) is 4.98 Å². The van der Waals surface area contributed by atoms with E-state index in [1.54, 1.807) is 6.92 Å². The third-order valence-electron chi connectivity index (χ3n) is 2.47. The van der Waals surface area contributed by atoms with Crippen molar-refractivity contribution in [3.63, 3.8) is 0 Å². The molecule has 106 valence electrons. The molecular weight excluding hydrogens is 335 g/mol. The molecule has 0 aliphatic heterocycles. The summed E-state index contributed by atoms with van der Waals surface area (Å²) < 4.78 is 18.3. The minimum Gasteiger partial charge on any atom is -0.379 e. The molecule has 9 heteroatoms. The summed E-state index contributed by atoms with van der Waals surface area (Å²) in [7, 11) is 0. The number of benzene rings is 1. The summed E-state index contributed by atoms with van der Waals surface area (Å²) in [5, 5.41) is 17.4. The first kappa shape index (κ1) is 14.4. The highest BCUT2D eigenvalue weighted by atomic mass is 79.9. The molecular formula is C11H10BrFN4O3. The monoisotopic (exact) mass is 344 g/mol. The van der Waals surface area contributed by atoms with Gasteiger partial charge in [-0.05, 0) is 15.9 Å². The molecule has 1 heterocycles. The Morgan fingerprint density at radius 1 is 1.55 bits per heavy atom. The maximum atomic E-state index is 13.4. The van der Waals surface area contributed by atoms with E-state index >= 15 is 0 Å². The van der Waals surface area contributed by atoms with Crippen molar-refractivity contribution < 1.29 is 13.8 Å². The molecule has 1 aromatic heterocycles. The first-order valence-corrected chi connectivity index (χ1v) is 6.43. The molecule has 0 aliphatic rings. The smallest absolute Gasteiger partial charge is 0.293 e. The van der Waals surface area contributed by atoms with Crippen molar-refractivity contribution in [2.75, 3.05) is 11.9 Å². The standard InChI is InChI=1S/C11H10BrFN4O3/c1-6-15-11(16-20-6)2-3-14-9-5-8(13)7(12)4-10(9)17(18)19/h4-5,14H,2-3H2,1H3. The van der Waals surface area contributed by atoms with Crippen molar-refractivity contribution >= 4 is 27.3 Å². The summed E-state index contributed by atoms with van der Waals surface area (Å²) in [6.07, 6.45) is 0.409. The molecule has 0 saturated heterocycles. The molecule has 0 amide bonds. The Bertz CT molecular complexity index is 647. The zero-order valence-electron chi connectivity index (χ0n) is 10.4. The maximum Gasteiger partial charge on any atom is 0.293 e. The summed E-state index contributed by atoms with van der Waals surface area (Å²) in [6, 6.07) is 2.19. The fourth-order valence-corrected chi connectivity index (χ4v) is 1.91. The van der Waals surface area contributed by atoms with E-state index in [0.29, 0.717) is 24.7 Å². The van der Waals surface area contributed by atoms with E-state index in [9.17, 15) is 14.5 Å². The van der Waals surface area contributed by atoms with Crippen molar-refractivity contribution in [3.05, 3.63) is 44.3 Å². The zero-order valence-corrected chi connectivity index (χ0v) is 12.0. The quantitative estimate of drug-likeness (QED) is 0.661. The van der Waals surface area contributed by atoms with Crippen LogP contribution in [0.1, 0.15) is 11.7 Å². The van der Waals surface area contributed by atoms with Crippen LogP contribution in [0.2, 0.25) is 0 Å². The molecule has 1 aromatic carbocycles. The lowest BCUT2D eigenvalue weighted by atomic mass is 10.2. The lowest BCUT2D eigenvalue weighted by Gasteiger charge is -2.06. The molecule has 1 N–H and O–H groups in total. The van der Waals surface area contributed by atoms with Gasteiger partial charge in [0.2, 0.25) is 5.89 Å². The summed E-state index contributed by atoms with van der Waals surface area (Å²) in [5.74, 6) is 0.351. The number of hydrogen-bond donors (Lipinski definition) is 1. The van der Waals surface area contributed by atoms with Crippen LogP contribution in [0.25, 0.3) is 0 Å². The normalized spacial score (nSPS) is 10.6. The third kappa shape index (κ3) is 3.29. The van der Waals surface area contributed by atoms with Gasteiger partial charge in [0.15, 0.2) is 5.82 Å². The predicted molar refractivity (Wildman–Crippen MR) is 72.0 cm³/mol. The highest BCUT2D eigenvalue weighted by molar-refractivity contribution is 9.10. The molecule has 0 spiro atoms. The van der Waals surface area contributed by atoms with Gasteiger partial charge in [-0.3, -0.25) is 10.1 Å². The summed E-state index contributed by atoms with van der Waals surface area (Å²) in [6.45, 7) is 1.99. The highest BCUT2D eigenvalue weighted by Gasteiger charge is 2.17. The average Bonchev–Trinajstić information content (AvgIpc) is 2.79. The van der Waals surface area contributed by atoms with Crippen LogP contribution in [0, 0.1) is 22.9 Å². The second-order valence-electron chi connectivity index (χ2n) is 3.95. The van der Waals surface area contributed by atoms with Crippen LogP contribution < -0.4 is 5.32 Å². The third-order valence-corrected chi connectivity index (χ3v) is 3.08. The Balaban J connectivity index is 2.08. The number of anilines is 1. The number of aromatic nitrogens is 2. The molecule has 0 bridgehead atoms. The molecule has 0 radical (unpaired) electrons. The number of nitrogens with zero attached hydrogens (tertiary/aromatic N) is 3. The van der Waals surface area contributed by atoms with E-state index in [-0.39, 0.29) is 15.8 Å². The SMILES string of the molecule is Cc1nc(CCNc2cc(F)c(Br)cc2[N+](=O)[O-])no1. The molecule has 0 aliphatic carbocycles. The summed E-state index contributed by atoms with van der Waals surface area (Å²) in [5.41, 5.74) is -0.0986. The average molecular weight is 345 g/mol. The number of hydrogen-bond acceptors (Lipinski definition) is 6. The van der Waals surface area contributed by atoms with Gasteiger partial charge in [-0.1, -0.05) is 5.16 Å². The van der Waals surface area contributed by atoms with Crippen molar-refractivity contribution in [1.82, 2.24) is 10.1 Å². The Kier molecular flexibility index (Phi) is 4.28. The zero-order chi connectivity index (χ0) is 14.7. The van der Waals surface area contributed by atoms with Crippen LogP contribution in [0.5, 0.6) is 0 Å². The Hall–Kier alpha value is -2.03. The molecule has 0 unspecified atom stereocenters. The number of halogens is 2. The van der Waals surface area contributed by atoms with E-state index in [1.165, 1.54) is 0 Å². The molecule has 2 aromatic rings. The van der Waals surface area contributed by atoms with E-state index < -0.39 is 10.7 Å². The number of nitro benzene ring substituents is 1. The second kappa shape index (κ2) is 5.95. The first-order chi connectivity index (χ1) is 9.47. The van der Waals surface area contributed by atoms with Gasteiger partial charge in [0.25, 0.3) is 5.69 Å². The highest BCUT2D eigenvalue weighted by Crippen LogP contribution is 2.30. The number of aryl methyl sites for hydroxylation is 1. The van der Waals surface area contributed by atoms with E-state index in [0.717, 1.165) is 12.1 Å². The van der Waals surface area contributed by atoms with E-state index in [4.69, 9.17) is 4.52 Å². The number of rotatable bonds is 5. The largest absolute Gasteiger partial charge is 0.379 e. The van der Waals surface area contributed by atoms with Gasteiger partial charge >= 0.3 is 0 Å². The summed E-state index contributed by atoms with van der Waals surface area (Å²) >= 11 is 2.92. The second-order valence-corrected chi connectivity index (χ2v) is 4.80. The number of nitro groups is 1. The molecule has 0 fully saturated rings. The van der Waals surface area contributed by atoms with Crippen molar-refractivity contribution in [1.29, 1.82) is 0 Å². The first-order valence-electron chi connectivity index (χ1n) is 5.64. The van der Waals surface area contributed by atoms with Crippen LogP contribution in [-0.2, 0) is 6.42 Å². The molecule has 7 nitrogen and oxygen atoms in total. The summed E-state index contributed by atoms with van der Waals surface area (Å²) in [4.78, 5) is 14.3. The van der Waals surface area contributed by atoms with Gasteiger partial charge in [-0.15, -0.1) is 0 Å². The fraction of sp³-hybridized carbons (Fsp3) is 0.273. The van der Waals surface area contributed by atoms with Crippen molar-refractivity contribution in [3.8, 4) is 0 Å².